The van der Waals surface area contributed by atoms with E-state index in [0.29, 0.717) is 17.6 Å². The number of nitrogens with zero attached hydrogens (tertiary/aromatic N) is 1. The molecule has 0 radical (unpaired) electrons. The highest BCUT2D eigenvalue weighted by Gasteiger charge is 2.32. The average molecular weight is 281 g/mol. The Kier molecular flexibility index (Phi) is 4.26. The number of hydrogen-bond donors (Lipinski definition) is 2. The molecule has 1 aliphatic rings. The van der Waals surface area contributed by atoms with Gasteiger partial charge >= 0.3 is 0 Å². The van der Waals surface area contributed by atoms with E-state index in [4.69, 9.17) is 5.73 Å². The van der Waals surface area contributed by atoms with Crippen LogP contribution in [-0.4, -0.2) is 17.4 Å². The molecule has 19 heavy (non-hydrogen) atoms. The number of carbonyl (C=O) groups excluding carboxylic acids is 1. The molecule has 4 nitrogen and oxygen atoms in total. The molecule has 5 heteroatoms. The Morgan fingerprint density at radius 1 is 1.53 bits per heavy atom. The van der Waals surface area contributed by atoms with Crippen LogP contribution in [0.25, 0.3) is 0 Å². The molecule has 0 aromatic carbocycles. The summed E-state index contributed by atoms with van der Waals surface area (Å²) < 4.78 is 0. The van der Waals surface area contributed by atoms with Crippen LogP contribution in [-0.2, 0) is 10.2 Å². The molecule has 1 aromatic rings. The average Bonchev–Trinajstić information content (AvgIpc) is 2.95. The summed E-state index contributed by atoms with van der Waals surface area (Å²) in [7, 11) is 0. The van der Waals surface area contributed by atoms with Crippen LogP contribution >= 0.6 is 11.3 Å². The van der Waals surface area contributed by atoms with E-state index in [-0.39, 0.29) is 17.2 Å². The molecule has 1 fully saturated rings. The summed E-state index contributed by atoms with van der Waals surface area (Å²) in [5.74, 6) is 0.483. The third kappa shape index (κ3) is 3.34. The lowest BCUT2D eigenvalue weighted by molar-refractivity contribution is -0.120. The van der Waals surface area contributed by atoms with Gasteiger partial charge in [-0.2, -0.15) is 0 Å². The van der Waals surface area contributed by atoms with Crippen LogP contribution in [0.5, 0.6) is 0 Å². The van der Waals surface area contributed by atoms with Gasteiger partial charge in [-0.25, -0.2) is 4.98 Å². The van der Waals surface area contributed by atoms with Gasteiger partial charge in [0.15, 0.2) is 5.13 Å². The molecular formula is C14H23N3OS. The number of carbonyl (C=O) groups is 1. The first-order valence-corrected chi connectivity index (χ1v) is 7.76. The topological polar surface area (TPSA) is 68.0 Å². The van der Waals surface area contributed by atoms with Crippen molar-refractivity contribution in [3.8, 4) is 0 Å². The van der Waals surface area contributed by atoms with E-state index in [1.807, 2.05) is 5.38 Å². The van der Waals surface area contributed by atoms with Gasteiger partial charge in [0.05, 0.1) is 5.69 Å². The van der Waals surface area contributed by atoms with Crippen molar-refractivity contribution in [1.82, 2.24) is 4.98 Å². The minimum absolute atomic E-state index is 0.0205. The molecule has 1 saturated carbocycles. The Hall–Kier alpha value is -0.940. The Bertz CT molecular complexity index is 450. The molecule has 2 rings (SSSR count). The minimum Gasteiger partial charge on any atom is -0.330 e. The van der Waals surface area contributed by atoms with E-state index in [9.17, 15) is 4.79 Å². The number of aromatic nitrogens is 1. The molecule has 2 atom stereocenters. The van der Waals surface area contributed by atoms with E-state index in [1.54, 1.807) is 0 Å². The zero-order valence-corrected chi connectivity index (χ0v) is 12.7. The van der Waals surface area contributed by atoms with Crippen molar-refractivity contribution in [1.29, 1.82) is 0 Å². The molecule has 0 spiro atoms. The largest absolute Gasteiger partial charge is 0.330 e. The summed E-state index contributed by atoms with van der Waals surface area (Å²) in [5, 5.41) is 5.68. The van der Waals surface area contributed by atoms with Gasteiger partial charge in [-0.1, -0.05) is 27.2 Å². The fourth-order valence-electron chi connectivity index (χ4n) is 2.54. The number of hydrogen-bond acceptors (Lipinski definition) is 4. The fraction of sp³-hybridized carbons (Fsp3) is 0.714. The van der Waals surface area contributed by atoms with Gasteiger partial charge in [-0.3, -0.25) is 4.79 Å². The molecule has 1 aliphatic carbocycles. The summed E-state index contributed by atoms with van der Waals surface area (Å²) in [6.07, 6.45) is 3.12. The maximum atomic E-state index is 12.2. The van der Waals surface area contributed by atoms with Crippen molar-refractivity contribution < 1.29 is 4.79 Å². The molecule has 1 heterocycles. The molecule has 3 N–H and O–H groups in total. The minimum atomic E-state index is 0.0205. The second-order valence-corrected chi connectivity index (χ2v) is 7.17. The van der Waals surface area contributed by atoms with Gasteiger partial charge in [-0.05, 0) is 25.3 Å². The smallest absolute Gasteiger partial charge is 0.229 e. The SMILES string of the molecule is CC(C)(C)c1csc(NC(=O)C2CCCC2CN)n1. The molecule has 0 bridgehead atoms. The lowest BCUT2D eigenvalue weighted by Gasteiger charge is -2.16. The van der Waals surface area contributed by atoms with Gasteiger partial charge < -0.3 is 11.1 Å². The Morgan fingerprint density at radius 2 is 2.26 bits per heavy atom. The zero-order chi connectivity index (χ0) is 14.0. The molecule has 106 valence electrons. The maximum Gasteiger partial charge on any atom is 0.229 e. The van der Waals surface area contributed by atoms with Crippen LogP contribution < -0.4 is 11.1 Å². The van der Waals surface area contributed by atoms with Crippen LogP contribution in [0.4, 0.5) is 5.13 Å². The van der Waals surface area contributed by atoms with E-state index in [1.165, 1.54) is 11.3 Å². The number of amides is 1. The third-order valence-electron chi connectivity index (χ3n) is 3.80. The van der Waals surface area contributed by atoms with E-state index >= 15 is 0 Å². The number of rotatable bonds is 3. The number of nitrogens with one attached hydrogen (secondary N) is 1. The Balaban J connectivity index is 2.01. The quantitative estimate of drug-likeness (QED) is 0.895. The lowest BCUT2D eigenvalue weighted by Crippen LogP contribution is -2.29. The highest BCUT2D eigenvalue weighted by Crippen LogP contribution is 2.32. The first-order valence-electron chi connectivity index (χ1n) is 6.88. The van der Waals surface area contributed by atoms with Gasteiger partial charge in [0, 0.05) is 16.7 Å². The van der Waals surface area contributed by atoms with Crippen LogP contribution in [0.1, 0.15) is 45.7 Å². The number of nitrogens with two attached hydrogens (primary N) is 1. The second-order valence-electron chi connectivity index (χ2n) is 6.31. The van der Waals surface area contributed by atoms with Crippen molar-refractivity contribution in [2.75, 3.05) is 11.9 Å². The van der Waals surface area contributed by atoms with Gasteiger partial charge in [-0.15, -0.1) is 11.3 Å². The first-order chi connectivity index (χ1) is 8.91. The highest BCUT2D eigenvalue weighted by molar-refractivity contribution is 7.13. The summed E-state index contributed by atoms with van der Waals surface area (Å²) in [5.41, 5.74) is 6.77. The number of anilines is 1. The molecule has 2 unspecified atom stereocenters. The maximum absolute atomic E-state index is 12.2. The molecular weight excluding hydrogens is 258 g/mol. The van der Waals surface area contributed by atoms with Gasteiger partial charge in [0.2, 0.25) is 5.91 Å². The normalized spacial score (nSPS) is 23.6. The number of thiazole rings is 1. The summed E-state index contributed by atoms with van der Waals surface area (Å²) in [6.45, 7) is 6.96. The summed E-state index contributed by atoms with van der Waals surface area (Å²) in [6, 6.07) is 0. The highest BCUT2D eigenvalue weighted by atomic mass is 32.1. The molecule has 0 saturated heterocycles. The predicted molar refractivity (Wildman–Crippen MR) is 79.3 cm³/mol. The Morgan fingerprint density at radius 3 is 2.84 bits per heavy atom. The van der Waals surface area contributed by atoms with Crippen molar-refractivity contribution >= 4 is 22.4 Å². The van der Waals surface area contributed by atoms with Gasteiger partial charge in [0.1, 0.15) is 0 Å². The van der Waals surface area contributed by atoms with Crippen LogP contribution in [0, 0.1) is 11.8 Å². The van der Waals surface area contributed by atoms with Crippen LogP contribution in [0.3, 0.4) is 0 Å². The zero-order valence-electron chi connectivity index (χ0n) is 11.9. The summed E-state index contributed by atoms with van der Waals surface area (Å²) in [4.78, 5) is 16.7. The van der Waals surface area contributed by atoms with Crippen molar-refractivity contribution in [2.45, 2.75) is 45.4 Å². The monoisotopic (exact) mass is 281 g/mol. The Labute approximate surface area is 118 Å². The lowest BCUT2D eigenvalue weighted by atomic mass is 9.93. The van der Waals surface area contributed by atoms with Crippen LogP contribution in [0.2, 0.25) is 0 Å². The standard InChI is InChI=1S/C14H23N3OS/c1-14(2,3)11-8-19-13(16-11)17-12(18)10-6-4-5-9(10)7-15/h8-10H,4-7,15H2,1-3H3,(H,16,17,18). The third-order valence-corrected chi connectivity index (χ3v) is 4.56. The van der Waals surface area contributed by atoms with Crippen molar-refractivity contribution in [2.24, 2.45) is 17.6 Å². The van der Waals surface area contributed by atoms with Crippen molar-refractivity contribution in [3.05, 3.63) is 11.1 Å². The first kappa shape index (κ1) is 14.5. The second kappa shape index (κ2) is 5.59. The van der Waals surface area contributed by atoms with Crippen LogP contribution in [0.15, 0.2) is 5.38 Å². The van der Waals surface area contributed by atoms with E-state index in [0.717, 1.165) is 25.0 Å². The van der Waals surface area contributed by atoms with E-state index in [2.05, 4.69) is 31.1 Å². The molecule has 0 aliphatic heterocycles. The van der Waals surface area contributed by atoms with Gasteiger partial charge in [0.25, 0.3) is 0 Å². The van der Waals surface area contributed by atoms with E-state index < -0.39 is 0 Å². The molecule has 1 amide bonds. The molecule has 1 aromatic heterocycles. The predicted octanol–water partition coefficient (Wildman–Crippen LogP) is 2.75. The fourth-order valence-corrected chi connectivity index (χ4v) is 3.48. The summed E-state index contributed by atoms with van der Waals surface area (Å²) >= 11 is 1.50. The van der Waals surface area contributed by atoms with Crippen molar-refractivity contribution in [3.63, 3.8) is 0 Å².